The minimum absolute atomic E-state index is 0.0692. The maximum atomic E-state index is 12.4. The molecule has 1 aliphatic heterocycles. The lowest BCUT2D eigenvalue weighted by molar-refractivity contribution is -0.139. The van der Waals surface area contributed by atoms with Crippen LogP contribution in [0.25, 0.3) is 0 Å². The topological polar surface area (TPSA) is 55.6 Å². The molecule has 1 aromatic heterocycles. The first-order valence-electron chi connectivity index (χ1n) is 7.38. The molecule has 2 aromatic rings. The highest BCUT2D eigenvalue weighted by Gasteiger charge is 2.25. The summed E-state index contributed by atoms with van der Waals surface area (Å²) < 4.78 is 10.8. The average Bonchev–Trinajstić information content (AvgIpc) is 2.99. The SMILES string of the molecule is O=C(CCc1cc(Cl)no1)N1CCOC(c2ccc(Cl)cc2)C1. The molecule has 0 bridgehead atoms. The van der Waals surface area contributed by atoms with Crippen molar-refractivity contribution in [1.82, 2.24) is 10.1 Å². The Kier molecular flexibility index (Phi) is 5.20. The van der Waals surface area contributed by atoms with Crippen LogP contribution in [0.4, 0.5) is 0 Å². The molecule has 1 fully saturated rings. The molecule has 0 spiro atoms. The zero-order valence-corrected chi connectivity index (χ0v) is 13.9. The van der Waals surface area contributed by atoms with Gasteiger partial charge in [-0.2, -0.15) is 0 Å². The predicted molar refractivity (Wildman–Crippen MR) is 86.6 cm³/mol. The Labute approximate surface area is 144 Å². The summed E-state index contributed by atoms with van der Waals surface area (Å²) >= 11 is 11.6. The number of hydrogen-bond donors (Lipinski definition) is 0. The van der Waals surface area contributed by atoms with E-state index in [1.807, 2.05) is 29.2 Å². The number of rotatable bonds is 4. The number of morpholine rings is 1. The Morgan fingerprint density at radius 3 is 2.78 bits per heavy atom. The summed E-state index contributed by atoms with van der Waals surface area (Å²) in [5.74, 6) is 0.686. The van der Waals surface area contributed by atoms with Gasteiger partial charge < -0.3 is 14.2 Å². The highest BCUT2D eigenvalue weighted by Crippen LogP contribution is 2.24. The largest absolute Gasteiger partial charge is 0.370 e. The van der Waals surface area contributed by atoms with E-state index in [-0.39, 0.29) is 12.0 Å². The van der Waals surface area contributed by atoms with Gasteiger partial charge in [-0.3, -0.25) is 4.79 Å². The standard InChI is InChI=1S/C16H16Cl2N2O3/c17-12-3-1-11(2-4-12)14-10-20(7-8-22-14)16(21)6-5-13-9-15(18)19-23-13/h1-4,9,14H,5-8,10H2. The van der Waals surface area contributed by atoms with Crippen molar-refractivity contribution in [3.8, 4) is 0 Å². The van der Waals surface area contributed by atoms with Gasteiger partial charge in [0.15, 0.2) is 5.15 Å². The fourth-order valence-electron chi connectivity index (χ4n) is 2.55. The second kappa shape index (κ2) is 7.34. The summed E-state index contributed by atoms with van der Waals surface area (Å²) in [5, 5.41) is 4.59. The Balaban J connectivity index is 1.57. The monoisotopic (exact) mass is 354 g/mol. The van der Waals surface area contributed by atoms with E-state index in [0.717, 1.165) is 5.56 Å². The van der Waals surface area contributed by atoms with Crippen LogP contribution in [0.15, 0.2) is 34.9 Å². The van der Waals surface area contributed by atoms with Crippen molar-refractivity contribution in [3.05, 3.63) is 51.8 Å². The molecule has 23 heavy (non-hydrogen) atoms. The van der Waals surface area contributed by atoms with E-state index in [2.05, 4.69) is 5.16 Å². The van der Waals surface area contributed by atoms with E-state index in [0.29, 0.717) is 48.5 Å². The van der Waals surface area contributed by atoms with Crippen molar-refractivity contribution >= 4 is 29.1 Å². The van der Waals surface area contributed by atoms with Crippen LogP contribution in [0, 0.1) is 0 Å². The van der Waals surface area contributed by atoms with Gasteiger partial charge in [0.1, 0.15) is 11.9 Å². The molecule has 1 atom stereocenters. The molecule has 1 unspecified atom stereocenters. The van der Waals surface area contributed by atoms with Gasteiger partial charge in [-0.05, 0) is 17.7 Å². The van der Waals surface area contributed by atoms with Gasteiger partial charge in [0, 0.05) is 30.5 Å². The van der Waals surface area contributed by atoms with Crippen molar-refractivity contribution in [1.29, 1.82) is 0 Å². The second-order valence-electron chi connectivity index (χ2n) is 5.37. The number of carbonyl (C=O) groups is 1. The summed E-state index contributed by atoms with van der Waals surface area (Å²) in [6.07, 6.45) is 0.727. The van der Waals surface area contributed by atoms with Crippen LogP contribution in [-0.4, -0.2) is 35.7 Å². The minimum atomic E-state index is -0.121. The fourth-order valence-corrected chi connectivity index (χ4v) is 2.83. The number of nitrogens with zero attached hydrogens (tertiary/aromatic N) is 2. The number of hydrogen-bond acceptors (Lipinski definition) is 4. The molecule has 0 aliphatic carbocycles. The second-order valence-corrected chi connectivity index (χ2v) is 6.19. The van der Waals surface area contributed by atoms with E-state index in [1.54, 1.807) is 6.07 Å². The molecular weight excluding hydrogens is 339 g/mol. The molecule has 1 aliphatic rings. The molecule has 0 saturated carbocycles. The maximum absolute atomic E-state index is 12.4. The van der Waals surface area contributed by atoms with Gasteiger partial charge in [0.05, 0.1) is 13.2 Å². The molecule has 7 heteroatoms. The van der Waals surface area contributed by atoms with Crippen molar-refractivity contribution in [2.45, 2.75) is 18.9 Å². The first kappa shape index (κ1) is 16.3. The summed E-state index contributed by atoms with van der Waals surface area (Å²) in [5.41, 5.74) is 1.02. The van der Waals surface area contributed by atoms with Gasteiger partial charge in [0.25, 0.3) is 0 Å². The molecule has 1 amide bonds. The summed E-state index contributed by atoms with van der Waals surface area (Å²) in [6, 6.07) is 9.14. The quantitative estimate of drug-likeness (QED) is 0.842. The van der Waals surface area contributed by atoms with E-state index in [4.69, 9.17) is 32.5 Å². The first-order chi connectivity index (χ1) is 11.1. The lowest BCUT2D eigenvalue weighted by Crippen LogP contribution is -2.42. The zero-order chi connectivity index (χ0) is 16.2. The zero-order valence-electron chi connectivity index (χ0n) is 12.4. The van der Waals surface area contributed by atoms with Crippen LogP contribution in [0.1, 0.15) is 23.8 Å². The molecule has 0 N–H and O–H groups in total. The summed E-state index contributed by atoms with van der Waals surface area (Å²) in [7, 11) is 0. The van der Waals surface area contributed by atoms with Crippen LogP contribution in [0.3, 0.4) is 0 Å². The maximum Gasteiger partial charge on any atom is 0.223 e. The van der Waals surface area contributed by atoms with Gasteiger partial charge in [-0.15, -0.1) is 0 Å². The van der Waals surface area contributed by atoms with E-state index < -0.39 is 0 Å². The fraction of sp³-hybridized carbons (Fsp3) is 0.375. The number of benzene rings is 1. The Hall–Kier alpha value is -1.56. The lowest BCUT2D eigenvalue weighted by Gasteiger charge is -2.33. The number of ether oxygens (including phenoxy) is 1. The van der Waals surface area contributed by atoms with Crippen LogP contribution in [-0.2, 0) is 16.0 Å². The normalized spacial score (nSPS) is 18.2. The van der Waals surface area contributed by atoms with Gasteiger partial charge in [-0.1, -0.05) is 40.5 Å². The molecule has 2 heterocycles. The molecule has 1 saturated heterocycles. The third-order valence-electron chi connectivity index (χ3n) is 3.78. The number of aromatic nitrogens is 1. The summed E-state index contributed by atoms with van der Waals surface area (Å²) in [6.45, 7) is 1.66. The van der Waals surface area contributed by atoms with E-state index >= 15 is 0 Å². The van der Waals surface area contributed by atoms with Crippen LogP contribution in [0.5, 0.6) is 0 Å². The average molecular weight is 355 g/mol. The smallest absolute Gasteiger partial charge is 0.223 e. The third-order valence-corrected chi connectivity index (χ3v) is 4.21. The van der Waals surface area contributed by atoms with Gasteiger partial charge >= 0.3 is 0 Å². The van der Waals surface area contributed by atoms with Gasteiger partial charge in [-0.25, -0.2) is 0 Å². The Morgan fingerprint density at radius 1 is 1.30 bits per heavy atom. The lowest BCUT2D eigenvalue weighted by atomic mass is 10.1. The van der Waals surface area contributed by atoms with Gasteiger partial charge in [0.2, 0.25) is 5.91 Å². The summed E-state index contributed by atoms with van der Waals surface area (Å²) in [4.78, 5) is 14.2. The van der Waals surface area contributed by atoms with Crippen molar-refractivity contribution < 1.29 is 14.1 Å². The number of halogens is 2. The van der Waals surface area contributed by atoms with Crippen molar-refractivity contribution in [2.75, 3.05) is 19.7 Å². The highest BCUT2D eigenvalue weighted by atomic mass is 35.5. The van der Waals surface area contributed by atoms with E-state index in [9.17, 15) is 4.79 Å². The molecule has 5 nitrogen and oxygen atoms in total. The molecular formula is C16H16Cl2N2O3. The third kappa shape index (κ3) is 4.25. The highest BCUT2D eigenvalue weighted by molar-refractivity contribution is 6.30. The van der Waals surface area contributed by atoms with Crippen LogP contribution < -0.4 is 0 Å². The first-order valence-corrected chi connectivity index (χ1v) is 8.13. The van der Waals surface area contributed by atoms with E-state index in [1.165, 1.54) is 0 Å². The Bertz CT molecular complexity index is 672. The molecule has 3 rings (SSSR count). The molecule has 122 valence electrons. The molecule has 1 aromatic carbocycles. The number of aryl methyl sites for hydroxylation is 1. The minimum Gasteiger partial charge on any atom is -0.370 e. The van der Waals surface area contributed by atoms with Crippen LogP contribution >= 0.6 is 23.2 Å². The van der Waals surface area contributed by atoms with Crippen molar-refractivity contribution in [2.24, 2.45) is 0 Å². The van der Waals surface area contributed by atoms with Crippen LogP contribution in [0.2, 0.25) is 10.2 Å². The molecule has 0 radical (unpaired) electrons. The number of amides is 1. The number of carbonyl (C=O) groups excluding carboxylic acids is 1. The Morgan fingerprint density at radius 2 is 2.09 bits per heavy atom. The predicted octanol–water partition coefficient (Wildman–Crippen LogP) is 3.51. The van der Waals surface area contributed by atoms with Crippen molar-refractivity contribution in [3.63, 3.8) is 0 Å².